The number of piperidine rings is 1. The molecule has 2 rings (SSSR count). The Hall–Kier alpha value is -1.56. The summed E-state index contributed by atoms with van der Waals surface area (Å²) in [5.74, 6) is 0. The summed E-state index contributed by atoms with van der Waals surface area (Å²) in [6.45, 7) is 7.93. The van der Waals surface area contributed by atoms with Gasteiger partial charge in [0.05, 0.1) is 5.69 Å². The number of carbonyl (C=O) groups is 1. The van der Waals surface area contributed by atoms with Gasteiger partial charge in [0.2, 0.25) is 0 Å². The fourth-order valence-electron chi connectivity index (χ4n) is 2.46. The van der Waals surface area contributed by atoms with Crippen LogP contribution < -0.4 is 5.32 Å². The first kappa shape index (κ1) is 15.8. The monoisotopic (exact) mass is 294 g/mol. The third-order valence-corrected chi connectivity index (χ3v) is 3.57. The molecule has 0 aromatic carbocycles. The highest BCUT2D eigenvalue weighted by molar-refractivity contribution is 5.68. The first-order chi connectivity index (χ1) is 9.85. The quantitative estimate of drug-likeness (QED) is 0.925. The molecule has 1 fully saturated rings. The zero-order chi connectivity index (χ0) is 15.5. The van der Waals surface area contributed by atoms with E-state index >= 15 is 0 Å². The maximum Gasteiger partial charge on any atom is 0.410 e. The van der Waals surface area contributed by atoms with Crippen LogP contribution in [-0.4, -0.2) is 45.5 Å². The van der Waals surface area contributed by atoms with Gasteiger partial charge in [-0.3, -0.25) is 4.68 Å². The van der Waals surface area contributed by atoms with Crippen LogP contribution in [0.3, 0.4) is 0 Å². The van der Waals surface area contributed by atoms with Crippen molar-refractivity contribution < 1.29 is 9.53 Å². The van der Waals surface area contributed by atoms with Crippen LogP contribution >= 0.6 is 0 Å². The van der Waals surface area contributed by atoms with E-state index in [1.54, 1.807) is 11.1 Å². The first-order valence-corrected chi connectivity index (χ1v) is 7.53. The Kier molecular flexibility index (Phi) is 4.88. The van der Waals surface area contributed by atoms with Gasteiger partial charge in [-0.25, -0.2) is 4.79 Å². The Morgan fingerprint density at radius 3 is 2.90 bits per heavy atom. The molecule has 1 atom stereocenters. The predicted molar refractivity (Wildman–Crippen MR) is 80.9 cm³/mol. The van der Waals surface area contributed by atoms with E-state index in [0.29, 0.717) is 12.6 Å². The smallest absolute Gasteiger partial charge is 0.410 e. The predicted octanol–water partition coefficient (Wildman–Crippen LogP) is 1.91. The summed E-state index contributed by atoms with van der Waals surface area (Å²) in [4.78, 5) is 13.9. The summed E-state index contributed by atoms with van der Waals surface area (Å²) in [5.41, 5.74) is 0.705. The Labute approximate surface area is 126 Å². The molecule has 21 heavy (non-hydrogen) atoms. The van der Waals surface area contributed by atoms with E-state index in [0.717, 1.165) is 31.6 Å². The highest BCUT2D eigenvalue weighted by atomic mass is 16.6. The Bertz CT molecular complexity index is 478. The van der Waals surface area contributed by atoms with Crippen molar-refractivity contribution in [3.63, 3.8) is 0 Å². The van der Waals surface area contributed by atoms with E-state index in [4.69, 9.17) is 4.74 Å². The molecule has 0 spiro atoms. The van der Waals surface area contributed by atoms with Crippen LogP contribution in [0.2, 0.25) is 0 Å². The lowest BCUT2D eigenvalue weighted by molar-refractivity contribution is 0.0187. The Morgan fingerprint density at radius 1 is 1.52 bits per heavy atom. The standard InChI is InChI=1S/C15H26N4O2/c1-15(2,3)21-14(20)19-9-5-6-12(11-19)16-10-13-7-8-17-18(13)4/h7-8,12,16H,5-6,9-11H2,1-4H3. The third-order valence-electron chi connectivity index (χ3n) is 3.57. The van der Waals surface area contributed by atoms with Gasteiger partial charge in [0.25, 0.3) is 0 Å². The van der Waals surface area contributed by atoms with E-state index in [1.165, 1.54) is 0 Å². The molecule has 0 saturated carbocycles. The fourth-order valence-corrected chi connectivity index (χ4v) is 2.46. The van der Waals surface area contributed by atoms with Crippen LogP contribution in [0.15, 0.2) is 12.3 Å². The lowest BCUT2D eigenvalue weighted by Gasteiger charge is -2.34. The van der Waals surface area contributed by atoms with E-state index in [2.05, 4.69) is 10.4 Å². The highest BCUT2D eigenvalue weighted by Gasteiger charge is 2.27. The van der Waals surface area contributed by atoms with E-state index < -0.39 is 5.60 Å². The molecule has 1 aliphatic heterocycles. The number of carbonyl (C=O) groups excluding carboxylic acids is 1. The minimum Gasteiger partial charge on any atom is -0.444 e. The number of hydrogen-bond acceptors (Lipinski definition) is 4. The van der Waals surface area contributed by atoms with Gasteiger partial charge in [-0.05, 0) is 39.7 Å². The molecule has 1 aliphatic rings. The maximum atomic E-state index is 12.1. The van der Waals surface area contributed by atoms with Crippen molar-refractivity contribution >= 4 is 6.09 Å². The second-order valence-corrected chi connectivity index (χ2v) is 6.59. The number of rotatable bonds is 3. The molecule has 1 aromatic heterocycles. The van der Waals surface area contributed by atoms with Crippen molar-refractivity contribution in [1.29, 1.82) is 0 Å². The van der Waals surface area contributed by atoms with Crippen LogP contribution in [0.4, 0.5) is 4.79 Å². The van der Waals surface area contributed by atoms with Crippen molar-refractivity contribution in [3.8, 4) is 0 Å². The minimum atomic E-state index is -0.438. The Morgan fingerprint density at radius 2 is 2.29 bits per heavy atom. The van der Waals surface area contributed by atoms with Crippen LogP contribution in [0.25, 0.3) is 0 Å². The second-order valence-electron chi connectivity index (χ2n) is 6.59. The number of nitrogens with zero attached hydrogens (tertiary/aromatic N) is 3. The van der Waals surface area contributed by atoms with Crippen LogP contribution in [0, 0.1) is 0 Å². The highest BCUT2D eigenvalue weighted by Crippen LogP contribution is 2.15. The van der Waals surface area contributed by atoms with Gasteiger partial charge in [-0.2, -0.15) is 5.10 Å². The molecule has 0 radical (unpaired) electrons. The molecule has 2 heterocycles. The molecule has 6 nitrogen and oxygen atoms in total. The fraction of sp³-hybridized carbons (Fsp3) is 0.733. The van der Waals surface area contributed by atoms with Crippen molar-refractivity contribution in [2.75, 3.05) is 13.1 Å². The summed E-state index contributed by atoms with van der Waals surface area (Å²) in [7, 11) is 1.94. The average Bonchev–Trinajstić information content (AvgIpc) is 2.80. The van der Waals surface area contributed by atoms with Gasteiger partial charge in [-0.15, -0.1) is 0 Å². The van der Waals surface area contributed by atoms with Gasteiger partial charge < -0.3 is 15.0 Å². The van der Waals surface area contributed by atoms with Crippen molar-refractivity contribution in [2.45, 2.75) is 51.8 Å². The molecular formula is C15H26N4O2. The van der Waals surface area contributed by atoms with Crippen LogP contribution in [0.1, 0.15) is 39.3 Å². The molecule has 0 bridgehead atoms. The summed E-state index contributed by atoms with van der Waals surface area (Å²) in [5, 5.41) is 7.66. The van der Waals surface area contributed by atoms with Crippen LogP contribution in [-0.2, 0) is 18.3 Å². The van der Waals surface area contributed by atoms with Crippen LogP contribution in [0.5, 0.6) is 0 Å². The van der Waals surface area contributed by atoms with E-state index in [-0.39, 0.29) is 6.09 Å². The molecule has 1 aromatic rings. The largest absolute Gasteiger partial charge is 0.444 e. The van der Waals surface area contributed by atoms with Crippen molar-refractivity contribution in [3.05, 3.63) is 18.0 Å². The molecule has 1 unspecified atom stereocenters. The third kappa shape index (κ3) is 4.74. The van der Waals surface area contributed by atoms with Gasteiger partial charge in [-0.1, -0.05) is 0 Å². The number of likely N-dealkylation sites (tertiary alicyclic amines) is 1. The number of nitrogens with one attached hydrogen (secondary N) is 1. The first-order valence-electron chi connectivity index (χ1n) is 7.53. The molecule has 0 aliphatic carbocycles. The molecule has 1 N–H and O–H groups in total. The summed E-state index contributed by atoms with van der Waals surface area (Å²) in [6.07, 6.45) is 3.67. The van der Waals surface area contributed by atoms with E-state index in [1.807, 2.05) is 38.6 Å². The number of ether oxygens (including phenoxy) is 1. The van der Waals surface area contributed by atoms with E-state index in [9.17, 15) is 4.79 Å². The SMILES string of the molecule is Cn1nccc1CNC1CCCN(C(=O)OC(C)(C)C)C1. The zero-order valence-electron chi connectivity index (χ0n) is 13.4. The molecule has 6 heteroatoms. The number of aryl methyl sites for hydroxylation is 1. The topological polar surface area (TPSA) is 59.4 Å². The van der Waals surface area contributed by atoms with Crippen molar-refractivity contribution in [1.82, 2.24) is 20.0 Å². The molecule has 1 amide bonds. The summed E-state index contributed by atoms with van der Waals surface area (Å²) >= 11 is 0. The number of hydrogen-bond donors (Lipinski definition) is 1. The normalized spacial score (nSPS) is 19.6. The van der Waals surface area contributed by atoms with Crippen molar-refractivity contribution in [2.24, 2.45) is 7.05 Å². The summed E-state index contributed by atoms with van der Waals surface area (Å²) in [6, 6.07) is 2.31. The maximum absolute atomic E-state index is 12.1. The average molecular weight is 294 g/mol. The van der Waals surface area contributed by atoms with Gasteiger partial charge in [0.1, 0.15) is 5.60 Å². The van der Waals surface area contributed by atoms with Gasteiger partial charge >= 0.3 is 6.09 Å². The second kappa shape index (κ2) is 6.47. The molecule has 118 valence electrons. The lowest BCUT2D eigenvalue weighted by atomic mass is 10.1. The number of aromatic nitrogens is 2. The minimum absolute atomic E-state index is 0.213. The van der Waals surface area contributed by atoms with Gasteiger partial charge in [0, 0.05) is 38.9 Å². The zero-order valence-corrected chi connectivity index (χ0v) is 13.4. The molecular weight excluding hydrogens is 268 g/mol. The summed E-state index contributed by atoms with van der Waals surface area (Å²) < 4.78 is 7.30. The molecule has 1 saturated heterocycles. The number of amides is 1. The lowest BCUT2D eigenvalue weighted by Crippen LogP contribution is -2.49. The Balaban J connectivity index is 1.83. The van der Waals surface area contributed by atoms with Gasteiger partial charge in [0.15, 0.2) is 0 Å².